The maximum absolute atomic E-state index is 11.9. The lowest BCUT2D eigenvalue weighted by molar-refractivity contribution is 0.0563. The van der Waals surface area contributed by atoms with E-state index in [2.05, 4.69) is 4.99 Å². The molecule has 102 valence electrons. The minimum absolute atomic E-state index is 0.117. The van der Waals surface area contributed by atoms with E-state index in [0.717, 1.165) is 5.69 Å². The van der Waals surface area contributed by atoms with E-state index in [-0.39, 0.29) is 6.61 Å². The molecule has 0 N–H and O–H groups in total. The smallest absolute Gasteiger partial charge is 0.342 e. The SMILES string of the molecule is COc1ccccc1C(=O)OCC=Nc1ccccc1. The van der Waals surface area contributed by atoms with Gasteiger partial charge < -0.3 is 9.47 Å². The number of esters is 1. The van der Waals surface area contributed by atoms with Gasteiger partial charge in [-0.25, -0.2) is 4.79 Å². The van der Waals surface area contributed by atoms with E-state index in [1.165, 1.54) is 7.11 Å². The van der Waals surface area contributed by atoms with Crippen LogP contribution in [-0.2, 0) is 4.74 Å². The van der Waals surface area contributed by atoms with Crippen LogP contribution in [0.4, 0.5) is 5.69 Å². The van der Waals surface area contributed by atoms with E-state index in [1.807, 2.05) is 30.3 Å². The highest BCUT2D eigenvalue weighted by molar-refractivity contribution is 5.93. The van der Waals surface area contributed by atoms with Gasteiger partial charge in [0.25, 0.3) is 0 Å². The lowest BCUT2D eigenvalue weighted by Crippen LogP contribution is -2.08. The third kappa shape index (κ3) is 3.68. The summed E-state index contributed by atoms with van der Waals surface area (Å²) >= 11 is 0. The van der Waals surface area contributed by atoms with Crippen molar-refractivity contribution in [3.8, 4) is 5.75 Å². The highest BCUT2D eigenvalue weighted by Crippen LogP contribution is 2.18. The van der Waals surface area contributed by atoms with Crippen LogP contribution in [-0.4, -0.2) is 25.9 Å². The summed E-state index contributed by atoms with van der Waals surface area (Å²) in [6, 6.07) is 16.4. The van der Waals surface area contributed by atoms with Crippen LogP contribution >= 0.6 is 0 Å². The average molecular weight is 269 g/mol. The van der Waals surface area contributed by atoms with Crippen LogP contribution in [0.15, 0.2) is 59.6 Å². The Kier molecular flexibility index (Phi) is 4.89. The summed E-state index contributed by atoms with van der Waals surface area (Å²) in [5.74, 6) is 0.0689. The van der Waals surface area contributed by atoms with Crippen molar-refractivity contribution >= 4 is 17.9 Å². The molecule has 0 unspecified atom stereocenters. The molecule has 0 aliphatic rings. The van der Waals surface area contributed by atoms with Gasteiger partial charge >= 0.3 is 5.97 Å². The van der Waals surface area contributed by atoms with E-state index < -0.39 is 5.97 Å². The van der Waals surface area contributed by atoms with Crippen LogP contribution in [0.25, 0.3) is 0 Å². The molecule has 0 atom stereocenters. The molecule has 0 fully saturated rings. The normalized spacial score (nSPS) is 10.4. The van der Waals surface area contributed by atoms with Crippen LogP contribution in [0.2, 0.25) is 0 Å². The Labute approximate surface area is 117 Å². The van der Waals surface area contributed by atoms with Crippen molar-refractivity contribution in [3.05, 3.63) is 60.2 Å². The lowest BCUT2D eigenvalue weighted by atomic mass is 10.2. The van der Waals surface area contributed by atoms with E-state index in [9.17, 15) is 4.79 Å². The van der Waals surface area contributed by atoms with Crippen LogP contribution in [0, 0.1) is 0 Å². The summed E-state index contributed by atoms with van der Waals surface area (Å²) in [6.07, 6.45) is 1.56. The Balaban J connectivity index is 1.91. The predicted octanol–water partition coefficient (Wildman–Crippen LogP) is 3.25. The third-order valence-corrected chi connectivity index (χ3v) is 2.61. The number of carbonyl (C=O) groups is 1. The zero-order valence-corrected chi connectivity index (χ0v) is 11.2. The summed E-state index contributed by atoms with van der Waals surface area (Å²) in [7, 11) is 1.52. The van der Waals surface area contributed by atoms with Gasteiger partial charge in [0.05, 0.1) is 12.8 Å². The van der Waals surface area contributed by atoms with Crippen molar-refractivity contribution in [2.75, 3.05) is 13.7 Å². The third-order valence-electron chi connectivity index (χ3n) is 2.61. The number of aliphatic imine (C=N–C) groups is 1. The molecular formula is C16H15NO3. The number of hydrogen-bond donors (Lipinski definition) is 0. The van der Waals surface area contributed by atoms with Crippen LogP contribution in [0.1, 0.15) is 10.4 Å². The molecule has 0 heterocycles. The zero-order valence-electron chi connectivity index (χ0n) is 11.2. The molecule has 4 heteroatoms. The Hall–Kier alpha value is -2.62. The minimum atomic E-state index is -0.429. The van der Waals surface area contributed by atoms with Gasteiger partial charge in [0.2, 0.25) is 0 Å². The number of hydrogen-bond acceptors (Lipinski definition) is 4. The molecule has 0 saturated heterocycles. The molecule has 0 aliphatic heterocycles. The molecule has 0 aliphatic carbocycles. The quantitative estimate of drug-likeness (QED) is 0.618. The molecule has 0 aromatic heterocycles. The lowest BCUT2D eigenvalue weighted by Gasteiger charge is -2.06. The van der Waals surface area contributed by atoms with Crippen LogP contribution in [0.3, 0.4) is 0 Å². The number of nitrogens with zero attached hydrogens (tertiary/aromatic N) is 1. The topological polar surface area (TPSA) is 47.9 Å². The van der Waals surface area contributed by atoms with Crippen molar-refractivity contribution in [2.45, 2.75) is 0 Å². The fraction of sp³-hybridized carbons (Fsp3) is 0.125. The second kappa shape index (κ2) is 7.09. The van der Waals surface area contributed by atoms with Crippen molar-refractivity contribution in [3.63, 3.8) is 0 Å². The summed E-state index contributed by atoms with van der Waals surface area (Å²) in [5, 5.41) is 0. The predicted molar refractivity (Wildman–Crippen MR) is 77.9 cm³/mol. The van der Waals surface area contributed by atoms with E-state index >= 15 is 0 Å². The summed E-state index contributed by atoms with van der Waals surface area (Å²) in [6.45, 7) is 0.117. The number of para-hydroxylation sites is 2. The Morgan fingerprint density at radius 1 is 1.10 bits per heavy atom. The Morgan fingerprint density at radius 3 is 2.55 bits per heavy atom. The average Bonchev–Trinajstić information content (AvgIpc) is 2.52. The first-order valence-electron chi connectivity index (χ1n) is 6.19. The molecule has 2 rings (SSSR count). The second-order valence-electron chi connectivity index (χ2n) is 3.95. The van der Waals surface area contributed by atoms with Crippen molar-refractivity contribution in [2.24, 2.45) is 4.99 Å². The van der Waals surface area contributed by atoms with Crippen molar-refractivity contribution < 1.29 is 14.3 Å². The summed E-state index contributed by atoms with van der Waals surface area (Å²) in [5.41, 5.74) is 1.23. The van der Waals surface area contributed by atoms with E-state index in [4.69, 9.17) is 9.47 Å². The maximum Gasteiger partial charge on any atom is 0.342 e. The molecular weight excluding hydrogens is 254 g/mol. The molecule has 0 radical (unpaired) electrons. The number of ether oxygens (including phenoxy) is 2. The fourth-order valence-corrected chi connectivity index (χ4v) is 1.66. The van der Waals surface area contributed by atoms with Crippen molar-refractivity contribution in [1.29, 1.82) is 0 Å². The van der Waals surface area contributed by atoms with E-state index in [1.54, 1.807) is 30.5 Å². The number of rotatable bonds is 5. The second-order valence-corrected chi connectivity index (χ2v) is 3.95. The summed E-state index contributed by atoms with van der Waals surface area (Å²) in [4.78, 5) is 16.1. The first-order valence-corrected chi connectivity index (χ1v) is 6.19. The minimum Gasteiger partial charge on any atom is -0.496 e. The van der Waals surface area contributed by atoms with Crippen LogP contribution in [0.5, 0.6) is 5.75 Å². The maximum atomic E-state index is 11.9. The molecule has 0 spiro atoms. The Bertz CT molecular complexity index is 594. The molecule has 0 saturated carbocycles. The Morgan fingerprint density at radius 2 is 1.80 bits per heavy atom. The van der Waals surface area contributed by atoms with Gasteiger partial charge in [0.1, 0.15) is 17.9 Å². The van der Waals surface area contributed by atoms with Crippen molar-refractivity contribution in [1.82, 2.24) is 0 Å². The van der Waals surface area contributed by atoms with Gasteiger partial charge in [-0.2, -0.15) is 0 Å². The largest absolute Gasteiger partial charge is 0.496 e. The molecule has 0 bridgehead atoms. The zero-order chi connectivity index (χ0) is 14.2. The van der Waals surface area contributed by atoms with Gasteiger partial charge in [-0.1, -0.05) is 30.3 Å². The van der Waals surface area contributed by atoms with Gasteiger partial charge in [-0.05, 0) is 24.3 Å². The van der Waals surface area contributed by atoms with E-state index in [0.29, 0.717) is 11.3 Å². The van der Waals surface area contributed by atoms with Gasteiger partial charge in [-0.15, -0.1) is 0 Å². The molecule has 2 aromatic rings. The van der Waals surface area contributed by atoms with Gasteiger partial charge in [0, 0.05) is 6.21 Å². The molecule has 4 nitrogen and oxygen atoms in total. The molecule has 20 heavy (non-hydrogen) atoms. The standard InChI is InChI=1S/C16H15NO3/c1-19-15-10-6-5-9-14(15)16(18)20-12-11-17-13-7-3-2-4-8-13/h2-11H,12H2,1H3. The summed E-state index contributed by atoms with van der Waals surface area (Å²) < 4.78 is 10.2. The fourth-order valence-electron chi connectivity index (χ4n) is 1.66. The molecule has 0 amide bonds. The number of benzene rings is 2. The van der Waals surface area contributed by atoms with Gasteiger partial charge in [0.15, 0.2) is 0 Å². The highest BCUT2D eigenvalue weighted by Gasteiger charge is 2.11. The number of methoxy groups -OCH3 is 1. The van der Waals surface area contributed by atoms with Crippen LogP contribution < -0.4 is 4.74 Å². The molecule has 2 aromatic carbocycles. The first-order chi connectivity index (χ1) is 9.81. The number of carbonyl (C=O) groups excluding carboxylic acids is 1. The van der Waals surface area contributed by atoms with Gasteiger partial charge in [-0.3, -0.25) is 4.99 Å². The highest BCUT2D eigenvalue weighted by atomic mass is 16.5. The monoisotopic (exact) mass is 269 g/mol. The first kappa shape index (κ1) is 13.8.